The van der Waals surface area contributed by atoms with E-state index in [0.717, 1.165) is 0 Å². The lowest BCUT2D eigenvalue weighted by molar-refractivity contribution is 0.152. The van der Waals surface area contributed by atoms with Gasteiger partial charge in [0.05, 0.1) is 6.61 Å². The van der Waals surface area contributed by atoms with Crippen LogP contribution in [0.15, 0.2) is 0 Å². The van der Waals surface area contributed by atoms with Crippen molar-refractivity contribution in [3.63, 3.8) is 0 Å². The maximum absolute atomic E-state index is 7.95. The van der Waals surface area contributed by atoms with Crippen LogP contribution < -0.4 is 5.32 Å². The van der Waals surface area contributed by atoms with Gasteiger partial charge in [0.2, 0.25) is 0 Å². The summed E-state index contributed by atoms with van der Waals surface area (Å²) in [7, 11) is 0. The third-order valence-electron chi connectivity index (χ3n) is 0.655. The zero-order chi connectivity index (χ0) is 6.24. The van der Waals surface area contributed by atoms with Gasteiger partial charge in [-0.15, -0.1) is 0 Å². The first kappa shape index (κ1) is 7.25. The molecule has 46 valence electrons. The topological polar surface area (TPSA) is 45.0 Å². The first-order valence-corrected chi connectivity index (χ1v) is 2.61. The fourth-order valence-corrected chi connectivity index (χ4v) is 0.323. The minimum absolute atomic E-state index is 0.615. The molecule has 1 N–H and O–H groups in total. The molecule has 8 heavy (non-hydrogen) atoms. The number of nitrogens with one attached hydrogen (secondary N) is 1. The van der Waals surface area contributed by atoms with Crippen LogP contribution >= 0.6 is 0 Å². The highest BCUT2D eigenvalue weighted by atomic mass is 16.5. The predicted octanol–water partition coefficient (Wildman–Crippen LogP) is 0.0936. The summed E-state index contributed by atoms with van der Waals surface area (Å²) in [5.74, 6) is 0. The summed E-state index contributed by atoms with van der Waals surface area (Å²) in [5, 5.41) is 10.4. The molecule has 0 atom stereocenters. The van der Waals surface area contributed by atoms with E-state index in [4.69, 9.17) is 10.00 Å². The summed E-state index contributed by atoms with van der Waals surface area (Å²) in [6, 6.07) is 0. The molecule has 3 heteroatoms. The van der Waals surface area contributed by atoms with Crippen LogP contribution in [0.5, 0.6) is 0 Å². The lowest BCUT2D eigenvalue weighted by Crippen LogP contribution is -2.13. The van der Waals surface area contributed by atoms with Crippen molar-refractivity contribution in [2.45, 2.75) is 6.92 Å². The lowest BCUT2D eigenvalue weighted by Gasteiger charge is -1.95. The number of ether oxygens (including phenoxy) is 1. The Kier molecular flexibility index (Phi) is 5.66. The van der Waals surface area contributed by atoms with Gasteiger partial charge < -0.3 is 10.1 Å². The van der Waals surface area contributed by atoms with Gasteiger partial charge in [-0.1, -0.05) is 0 Å². The normalized spacial score (nSPS) is 8.00. The van der Waals surface area contributed by atoms with E-state index in [2.05, 4.69) is 5.32 Å². The molecule has 0 spiro atoms. The highest BCUT2D eigenvalue weighted by molar-refractivity contribution is 4.62. The molecular formula is C5H10N2O. The van der Waals surface area contributed by atoms with Crippen molar-refractivity contribution in [3.8, 4) is 6.19 Å². The fraction of sp³-hybridized carbons (Fsp3) is 0.800. The summed E-state index contributed by atoms with van der Waals surface area (Å²) < 4.78 is 4.92. The van der Waals surface area contributed by atoms with E-state index in [1.165, 1.54) is 0 Å². The van der Waals surface area contributed by atoms with Crippen molar-refractivity contribution >= 4 is 0 Å². The van der Waals surface area contributed by atoms with Crippen molar-refractivity contribution in [2.24, 2.45) is 0 Å². The Morgan fingerprint density at radius 1 is 1.75 bits per heavy atom. The molecular weight excluding hydrogens is 104 g/mol. The Bertz CT molecular complexity index is 77.0. The van der Waals surface area contributed by atoms with E-state index in [1.807, 2.05) is 6.92 Å². The van der Waals surface area contributed by atoms with Gasteiger partial charge in [0, 0.05) is 13.2 Å². The third-order valence-corrected chi connectivity index (χ3v) is 0.655. The van der Waals surface area contributed by atoms with Crippen molar-refractivity contribution in [2.75, 3.05) is 19.8 Å². The molecule has 0 aliphatic carbocycles. The molecule has 0 amide bonds. The van der Waals surface area contributed by atoms with Crippen LogP contribution in [0.2, 0.25) is 0 Å². The summed E-state index contributed by atoms with van der Waals surface area (Å²) in [6.07, 6.45) is 1.80. The molecule has 0 aliphatic rings. The molecule has 0 saturated carbocycles. The maximum atomic E-state index is 7.95. The van der Waals surface area contributed by atoms with E-state index >= 15 is 0 Å². The molecule has 0 heterocycles. The Morgan fingerprint density at radius 2 is 2.50 bits per heavy atom. The number of nitrogens with zero attached hydrogens (tertiary/aromatic N) is 1. The standard InChI is InChI=1S/C5H10N2O/c1-2-8-4-3-7-5-6/h7H,2-4H2,1H3. The Labute approximate surface area is 49.3 Å². The quantitative estimate of drug-likeness (QED) is 0.320. The SMILES string of the molecule is CCOCCNC#N. The Hall–Kier alpha value is -0.750. The summed E-state index contributed by atoms with van der Waals surface area (Å²) >= 11 is 0. The molecule has 0 aliphatic heterocycles. The van der Waals surface area contributed by atoms with Gasteiger partial charge in [0.15, 0.2) is 6.19 Å². The average molecular weight is 114 g/mol. The van der Waals surface area contributed by atoms with Crippen molar-refractivity contribution in [3.05, 3.63) is 0 Å². The molecule has 0 unspecified atom stereocenters. The monoisotopic (exact) mass is 114 g/mol. The van der Waals surface area contributed by atoms with Gasteiger partial charge in [-0.05, 0) is 6.92 Å². The molecule has 0 aromatic rings. The molecule has 3 nitrogen and oxygen atoms in total. The first-order valence-electron chi connectivity index (χ1n) is 2.61. The zero-order valence-corrected chi connectivity index (χ0v) is 4.98. The Morgan fingerprint density at radius 3 is 3.00 bits per heavy atom. The average Bonchev–Trinajstić information content (AvgIpc) is 1.81. The van der Waals surface area contributed by atoms with Crippen molar-refractivity contribution in [1.82, 2.24) is 5.32 Å². The largest absolute Gasteiger partial charge is 0.380 e. The fourth-order valence-electron chi connectivity index (χ4n) is 0.323. The molecule has 0 fully saturated rings. The molecule has 0 bridgehead atoms. The Balaban J connectivity index is 2.65. The van der Waals surface area contributed by atoms with E-state index in [-0.39, 0.29) is 0 Å². The van der Waals surface area contributed by atoms with E-state index in [9.17, 15) is 0 Å². The maximum Gasteiger partial charge on any atom is 0.176 e. The van der Waals surface area contributed by atoms with Crippen LogP contribution in [0.1, 0.15) is 6.92 Å². The van der Waals surface area contributed by atoms with E-state index < -0.39 is 0 Å². The van der Waals surface area contributed by atoms with E-state index in [0.29, 0.717) is 19.8 Å². The number of nitriles is 1. The van der Waals surface area contributed by atoms with Crippen molar-refractivity contribution in [1.29, 1.82) is 5.26 Å². The predicted molar refractivity (Wildman–Crippen MR) is 30.1 cm³/mol. The molecule has 0 aromatic carbocycles. The van der Waals surface area contributed by atoms with E-state index in [1.54, 1.807) is 6.19 Å². The van der Waals surface area contributed by atoms with Crippen LogP contribution in [-0.2, 0) is 4.74 Å². The summed E-state index contributed by atoms with van der Waals surface area (Å²) in [5.41, 5.74) is 0. The van der Waals surface area contributed by atoms with Crippen LogP contribution in [0, 0.1) is 11.5 Å². The second-order valence-electron chi connectivity index (χ2n) is 1.24. The summed E-state index contributed by atoms with van der Waals surface area (Å²) in [6.45, 7) is 3.87. The minimum atomic E-state index is 0.615. The van der Waals surface area contributed by atoms with Crippen LogP contribution in [0.4, 0.5) is 0 Å². The number of rotatable bonds is 4. The van der Waals surface area contributed by atoms with Gasteiger partial charge in [-0.3, -0.25) is 0 Å². The third kappa shape index (κ3) is 5.25. The molecule has 0 aromatic heterocycles. The highest BCUT2D eigenvalue weighted by Gasteiger charge is 1.79. The first-order chi connectivity index (χ1) is 3.91. The number of hydrogen-bond donors (Lipinski definition) is 1. The second-order valence-corrected chi connectivity index (χ2v) is 1.24. The second kappa shape index (κ2) is 6.25. The molecule has 0 rings (SSSR count). The zero-order valence-electron chi connectivity index (χ0n) is 4.98. The van der Waals surface area contributed by atoms with Gasteiger partial charge in [0.25, 0.3) is 0 Å². The highest BCUT2D eigenvalue weighted by Crippen LogP contribution is 1.67. The smallest absolute Gasteiger partial charge is 0.176 e. The van der Waals surface area contributed by atoms with Gasteiger partial charge in [0.1, 0.15) is 0 Å². The summed E-state index contributed by atoms with van der Waals surface area (Å²) in [4.78, 5) is 0. The van der Waals surface area contributed by atoms with Crippen LogP contribution in [0.3, 0.4) is 0 Å². The minimum Gasteiger partial charge on any atom is -0.380 e. The van der Waals surface area contributed by atoms with Crippen LogP contribution in [-0.4, -0.2) is 19.8 Å². The lowest BCUT2D eigenvalue weighted by atomic mass is 10.7. The molecule has 0 saturated heterocycles. The van der Waals surface area contributed by atoms with Crippen LogP contribution in [0.25, 0.3) is 0 Å². The van der Waals surface area contributed by atoms with Gasteiger partial charge in [-0.25, -0.2) is 0 Å². The van der Waals surface area contributed by atoms with Gasteiger partial charge >= 0.3 is 0 Å². The molecule has 0 radical (unpaired) electrons. The number of hydrogen-bond acceptors (Lipinski definition) is 3. The van der Waals surface area contributed by atoms with Crippen molar-refractivity contribution < 1.29 is 4.74 Å². The van der Waals surface area contributed by atoms with Gasteiger partial charge in [-0.2, -0.15) is 5.26 Å².